The number of rotatable bonds is 17. The summed E-state index contributed by atoms with van der Waals surface area (Å²) >= 11 is 0. The highest BCUT2D eigenvalue weighted by Gasteiger charge is 2.37. The molecule has 0 heterocycles. The molecule has 0 bridgehead atoms. The van der Waals surface area contributed by atoms with E-state index in [-0.39, 0.29) is 11.3 Å². The highest BCUT2D eigenvalue weighted by atomic mass is 16.4. The SMILES string of the molecule is CCCCCCCCC(C)(CCCCCCCC)C(CC)C([O])=O. The fraction of sp³-hybridized carbons (Fsp3) is 0.955. The number of carbonyl (C=O) groups excluding carboxylic acids is 1. The first-order valence-corrected chi connectivity index (χ1v) is 10.7. The Kier molecular flexibility index (Phi) is 14.5. The first kappa shape index (κ1) is 23.5. The molecule has 2 nitrogen and oxygen atoms in total. The zero-order valence-corrected chi connectivity index (χ0v) is 17.0. The van der Waals surface area contributed by atoms with Crippen LogP contribution in [-0.4, -0.2) is 5.97 Å². The molecule has 1 atom stereocenters. The zero-order valence-electron chi connectivity index (χ0n) is 17.0. The topological polar surface area (TPSA) is 37.0 Å². The van der Waals surface area contributed by atoms with Crippen LogP contribution in [0, 0.1) is 11.3 Å². The van der Waals surface area contributed by atoms with Gasteiger partial charge in [-0.15, -0.1) is 0 Å². The second kappa shape index (κ2) is 14.8. The van der Waals surface area contributed by atoms with Crippen molar-refractivity contribution >= 4 is 5.97 Å². The Morgan fingerprint density at radius 1 is 0.708 bits per heavy atom. The number of carbonyl (C=O) groups is 1. The summed E-state index contributed by atoms with van der Waals surface area (Å²) in [4.78, 5) is 11.6. The van der Waals surface area contributed by atoms with Crippen molar-refractivity contribution in [1.82, 2.24) is 0 Å². The summed E-state index contributed by atoms with van der Waals surface area (Å²) in [7, 11) is 0. The van der Waals surface area contributed by atoms with Crippen molar-refractivity contribution in [2.45, 2.75) is 124 Å². The fourth-order valence-electron chi connectivity index (χ4n) is 4.04. The van der Waals surface area contributed by atoms with E-state index in [0.29, 0.717) is 6.42 Å². The maximum absolute atomic E-state index is 11.6. The average Bonchev–Trinajstić information content (AvgIpc) is 2.54. The third-order valence-corrected chi connectivity index (χ3v) is 5.74. The summed E-state index contributed by atoms with van der Waals surface area (Å²) in [5.74, 6) is -1.12. The first-order chi connectivity index (χ1) is 11.5. The van der Waals surface area contributed by atoms with Gasteiger partial charge in [-0.1, -0.05) is 105 Å². The molecule has 1 radical (unpaired) electrons. The standard InChI is InChI=1S/C22H43O2/c1-5-8-10-12-14-16-18-22(4,20(7-3)21(23)24)19-17-15-13-11-9-6-2/h20H,5-19H2,1-4H3. The molecule has 1 unspecified atom stereocenters. The lowest BCUT2D eigenvalue weighted by molar-refractivity contribution is -0.153. The van der Waals surface area contributed by atoms with Gasteiger partial charge in [0.25, 0.3) is 0 Å². The summed E-state index contributed by atoms with van der Waals surface area (Å²) in [6, 6.07) is 0. The minimum absolute atomic E-state index is 0.0803. The van der Waals surface area contributed by atoms with E-state index >= 15 is 0 Å². The Morgan fingerprint density at radius 2 is 1.08 bits per heavy atom. The number of unbranched alkanes of at least 4 members (excludes halogenated alkanes) is 10. The molecule has 143 valence electrons. The van der Waals surface area contributed by atoms with Crippen LogP contribution in [0.2, 0.25) is 0 Å². The van der Waals surface area contributed by atoms with Crippen molar-refractivity contribution in [3.8, 4) is 0 Å². The number of hydrogen-bond donors (Lipinski definition) is 0. The van der Waals surface area contributed by atoms with E-state index in [1.807, 2.05) is 6.92 Å². The van der Waals surface area contributed by atoms with Crippen LogP contribution in [0.15, 0.2) is 0 Å². The molecule has 0 N–H and O–H groups in total. The van der Waals surface area contributed by atoms with E-state index in [0.717, 1.165) is 12.8 Å². The van der Waals surface area contributed by atoms with Crippen LogP contribution in [0.25, 0.3) is 0 Å². The zero-order chi connectivity index (χ0) is 18.3. The van der Waals surface area contributed by atoms with Gasteiger partial charge >= 0.3 is 5.97 Å². The molecule has 0 saturated heterocycles. The lowest BCUT2D eigenvalue weighted by Gasteiger charge is -2.35. The van der Waals surface area contributed by atoms with Crippen molar-refractivity contribution in [2.24, 2.45) is 11.3 Å². The molecule has 0 aromatic carbocycles. The van der Waals surface area contributed by atoms with Crippen molar-refractivity contribution in [1.29, 1.82) is 0 Å². The Bertz CT molecular complexity index is 282. The molecule has 0 rings (SSSR count). The van der Waals surface area contributed by atoms with Crippen LogP contribution in [0.1, 0.15) is 124 Å². The molecule has 0 aromatic heterocycles. The molecule has 0 spiro atoms. The molecule has 0 fully saturated rings. The van der Waals surface area contributed by atoms with Crippen LogP contribution >= 0.6 is 0 Å². The van der Waals surface area contributed by atoms with Crippen LogP contribution < -0.4 is 0 Å². The normalized spacial score (nSPS) is 13.2. The second-order valence-corrected chi connectivity index (χ2v) is 7.97. The summed E-state index contributed by atoms with van der Waals surface area (Å²) in [6.07, 6.45) is 18.0. The monoisotopic (exact) mass is 339 g/mol. The van der Waals surface area contributed by atoms with Gasteiger partial charge in [0.2, 0.25) is 0 Å². The van der Waals surface area contributed by atoms with Crippen molar-refractivity contribution in [3.63, 3.8) is 0 Å². The third-order valence-electron chi connectivity index (χ3n) is 5.74. The van der Waals surface area contributed by atoms with Crippen LogP contribution in [0.4, 0.5) is 0 Å². The molecule has 0 aliphatic carbocycles. The Hall–Kier alpha value is -0.530. The van der Waals surface area contributed by atoms with Crippen LogP contribution in [0.5, 0.6) is 0 Å². The van der Waals surface area contributed by atoms with Crippen molar-refractivity contribution in [3.05, 3.63) is 0 Å². The molecular weight excluding hydrogens is 296 g/mol. The molecule has 0 aromatic rings. The quantitative estimate of drug-likeness (QED) is 0.253. The minimum atomic E-state index is -0.836. The first-order valence-electron chi connectivity index (χ1n) is 10.7. The third kappa shape index (κ3) is 10.4. The fourth-order valence-corrected chi connectivity index (χ4v) is 4.04. The van der Waals surface area contributed by atoms with E-state index in [2.05, 4.69) is 20.8 Å². The molecular formula is C22H43O2. The molecule has 0 aliphatic rings. The van der Waals surface area contributed by atoms with Crippen molar-refractivity contribution < 1.29 is 9.90 Å². The van der Waals surface area contributed by atoms with Gasteiger partial charge in [-0.3, -0.25) is 0 Å². The van der Waals surface area contributed by atoms with Gasteiger partial charge in [-0.25, -0.2) is 9.90 Å². The highest BCUT2D eigenvalue weighted by Crippen LogP contribution is 2.41. The summed E-state index contributed by atoms with van der Waals surface area (Å²) in [5.41, 5.74) is -0.0803. The van der Waals surface area contributed by atoms with E-state index in [4.69, 9.17) is 0 Å². The van der Waals surface area contributed by atoms with Gasteiger partial charge in [-0.2, -0.15) is 0 Å². The molecule has 2 heteroatoms. The molecule has 24 heavy (non-hydrogen) atoms. The van der Waals surface area contributed by atoms with Gasteiger partial charge in [0, 0.05) is 0 Å². The number of hydrogen-bond acceptors (Lipinski definition) is 1. The second-order valence-electron chi connectivity index (χ2n) is 7.97. The smallest absolute Gasteiger partial charge is 0.247 e. The van der Waals surface area contributed by atoms with Gasteiger partial charge in [0.05, 0.1) is 5.92 Å². The maximum Gasteiger partial charge on any atom is 0.359 e. The Labute approximate surface area is 151 Å². The van der Waals surface area contributed by atoms with Crippen LogP contribution in [-0.2, 0) is 9.90 Å². The summed E-state index contributed by atoms with van der Waals surface area (Å²) in [6.45, 7) is 8.68. The van der Waals surface area contributed by atoms with E-state index in [1.165, 1.54) is 77.0 Å². The Balaban J connectivity index is 4.35. The Morgan fingerprint density at radius 3 is 1.42 bits per heavy atom. The van der Waals surface area contributed by atoms with E-state index in [9.17, 15) is 9.90 Å². The molecule has 0 amide bonds. The van der Waals surface area contributed by atoms with Gasteiger partial charge in [-0.05, 0) is 24.7 Å². The van der Waals surface area contributed by atoms with E-state index in [1.54, 1.807) is 0 Å². The lowest BCUT2D eigenvalue weighted by Crippen LogP contribution is -2.32. The van der Waals surface area contributed by atoms with Gasteiger partial charge < -0.3 is 0 Å². The molecule has 0 saturated carbocycles. The predicted molar refractivity (Wildman–Crippen MR) is 104 cm³/mol. The summed E-state index contributed by atoms with van der Waals surface area (Å²) in [5, 5.41) is 11.6. The molecule has 0 aliphatic heterocycles. The highest BCUT2D eigenvalue weighted by molar-refractivity contribution is 5.70. The van der Waals surface area contributed by atoms with Crippen molar-refractivity contribution in [2.75, 3.05) is 0 Å². The maximum atomic E-state index is 11.6. The lowest BCUT2D eigenvalue weighted by atomic mass is 9.69. The van der Waals surface area contributed by atoms with Gasteiger partial charge in [0.15, 0.2) is 0 Å². The largest absolute Gasteiger partial charge is 0.359 e. The minimum Gasteiger partial charge on any atom is -0.247 e. The predicted octanol–water partition coefficient (Wildman–Crippen LogP) is 7.48. The van der Waals surface area contributed by atoms with Gasteiger partial charge in [0.1, 0.15) is 0 Å². The van der Waals surface area contributed by atoms with E-state index < -0.39 is 5.97 Å². The summed E-state index contributed by atoms with van der Waals surface area (Å²) < 4.78 is 0. The average molecular weight is 340 g/mol. The van der Waals surface area contributed by atoms with Crippen LogP contribution in [0.3, 0.4) is 0 Å².